The average Bonchev–Trinajstić information content (AvgIpc) is 1.62. The Balaban J connectivity index is 4.04. The van der Waals surface area contributed by atoms with Crippen molar-refractivity contribution in [2.24, 2.45) is 5.73 Å². The third-order valence-corrected chi connectivity index (χ3v) is 1.67. The summed E-state index contributed by atoms with van der Waals surface area (Å²) in [6, 6.07) is 0. The van der Waals surface area contributed by atoms with Gasteiger partial charge in [0.1, 0.15) is 5.37 Å². The second-order valence-electron chi connectivity index (χ2n) is 1.34. The first-order valence-corrected chi connectivity index (χ1v) is 3.50. The molecule has 0 aromatic carbocycles. The molecule has 0 saturated heterocycles. The summed E-state index contributed by atoms with van der Waals surface area (Å²) in [6.07, 6.45) is -0.0150. The van der Waals surface area contributed by atoms with E-state index in [1.807, 2.05) is 0 Å². The monoisotopic (exact) mass is 138 g/mol. The van der Waals surface area contributed by atoms with E-state index in [2.05, 4.69) is 6.92 Å². The molecule has 0 aliphatic rings. The highest BCUT2D eigenvalue weighted by Gasteiger charge is 2.13. The van der Waals surface area contributed by atoms with Crippen LogP contribution in [0.15, 0.2) is 0 Å². The van der Waals surface area contributed by atoms with Crippen LogP contribution in [0, 0.1) is 6.92 Å². The van der Waals surface area contributed by atoms with Gasteiger partial charge in [0.2, 0.25) is 0 Å². The molecule has 0 spiro atoms. The van der Waals surface area contributed by atoms with Crippen molar-refractivity contribution in [3.63, 3.8) is 0 Å². The summed E-state index contributed by atoms with van der Waals surface area (Å²) in [4.78, 5) is 0. The smallest absolute Gasteiger partial charge is 0.280 e. The largest absolute Gasteiger partial charge is 0.313 e. The van der Waals surface area contributed by atoms with E-state index >= 15 is 0 Å². The van der Waals surface area contributed by atoms with Gasteiger partial charge < -0.3 is 5.73 Å². The Morgan fingerprint density at radius 1 is 1.75 bits per heavy atom. The molecule has 5 heteroatoms. The van der Waals surface area contributed by atoms with Crippen LogP contribution >= 0.6 is 0 Å². The summed E-state index contributed by atoms with van der Waals surface area (Å²) in [7, 11) is -4.04. The van der Waals surface area contributed by atoms with Gasteiger partial charge in [0.05, 0.1) is 0 Å². The first kappa shape index (κ1) is 7.87. The highest BCUT2D eigenvalue weighted by Crippen LogP contribution is 1.92. The first-order valence-electron chi connectivity index (χ1n) is 1.99. The van der Waals surface area contributed by atoms with Crippen molar-refractivity contribution in [1.82, 2.24) is 0 Å². The second kappa shape index (κ2) is 2.43. The SMILES string of the molecule is [CH2]CC(N)S(=O)(=O)O. The van der Waals surface area contributed by atoms with E-state index in [0.717, 1.165) is 0 Å². The Labute approximate surface area is 48.4 Å². The normalized spacial score (nSPS) is 15.9. The summed E-state index contributed by atoms with van der Waals surface area (Å²) < 4.78 is 28.0. The molecule has 8 heavy (non-hydrogen) atoms. The fourth-order valence-corrected chi connectivity index (χ4v) is 0.447. The van der Waals surface area contributed by atoms with Crippen LogP contribution < -0.4 is 5.73 Å². The van der Waals surface area contributed by atoms with Gasteiger partial charge in [-0.25, -0.2) is 0 Å². The average molecular weight is 138 g/mol. The molecule has 3 N–H and O–H groups in total. The van der Waals surface area contributed by atoms with Crippen LogP contribution in [0.3, 0.4) is 0 Å². The molecule has 1 unspecified atom stereocenters. The fraction of sp³-hybridized carbons (Fsp3) is 0.667. The molecule has 0 aromatic heterocycles. The molecule has 0 bridgehead atoms. The molecule has 0 amide bonds. The molecule has 1 atom stereocenters. The third kappa shape index (κ3) is 2.25. The Hall–Kier alpha value is -0.130. The quantitative estimate of drug-likeness (QED) is 0.498. The lowest BCUT2D eigenvalue weighted by Gasteiger charge is -2.00. The van der Waals surface area contributed by atoms with Crippen LogP contribution in [-0.4, -0.2) is 18.3 Å². The van der Waals surface area contributed by atoms with E-state index in [-0.39, 0.29) is 6.42 Å². The van der Waals surface area contributed by atoms with Gasteiger partial charge in [0.15, 0.2) is 0 Å². The molecule has 0 fully saturated rings. The van der Waals surface area contributed by atoms with Crippen LogP contribution in [0.5, 0.6) is 0 Å². The second-order valence-corrected chi connectivity index (χ2v) is 2.98. The lowest BCUT2D eigenvalue weighted by atomic mass is 10.5. The zero-order valence-electron chi connectivity index (χ0n) is 4.24. The molecule has 0 aliphatic heterocycles. The maximum Gasteiger partial charge on any atom is 0.280 e. The molecule has 0 rings (SSSR count). The van der Waals surface area contributed by atoms with Crippen molar-refractivity contribution in [2.45, 2.75) is 11.8 Å². The molecular formula is C3H8NO3S. The highest BCUT2D eigenvalue weighted by molar-refractivity contribution is 7.86. The lowest BCUT2D eigenvalue weighted by Crippen LogP contribution is -2.28. The molecule has 0 heterocycles. The lowest BCUT2D eigenvalue weighted by molar-refractivity contribution is 0.468. The third-order valence-electron chi connectivity index (χ3n) is 0.667. The van der Waals surface area contributed by atoms with E-state index in [1.54, 1.807) is 0 Å². The number of nitrogens with two attached hydrogens (primary N) is 1. The minimum absolute atomic E-state index is 0.0150. The van der Waals surface area contributed by atoms with Gasteiger partial charge in [-0.15, -0.1) is 0 Å². The minimum atomic E-state index is -4.04. The predicted octanol–water partition coefficient (Wildman–Crippen LogP) is -0.617. The molecule has 0 saturated carbocycles. The molecule has 0 aliphatic carbocycles. The summed E-state index contributed by atoms with van der Waals surface area (Å²) in [5.74, 6) is 0. The van der Waals surface area contributed by atoms with Crippen molar-refractivity contribution in [1.29, 1.82) is 0 Å². The van der Waals surface area contributed by atoms with Crippen molar-refractivity contribution in [3.05, 3.63) is 6.92 Å². The highest BCUT2D eigenvalue weighted by atomic mass is 32.2. The van der Waals surface area contributed by atoms with Gasteiger partial charge >= 0.3 is 0 Å². The van der Waals surface area contributed by atoms with Crippen LogP contribution in [0.25, 0.3) is 0 Å². The van der Waals surface area contributed by atoms with E-state index in [4.69, 9.17) is 10.3 Å². The zero-order chi connectivity index (χ0) is 6.78. The molecule has 4 nitrogen and oxygen atoms in total. The zero-order valence-corrected chi connectivity index (χ0v) is 5.06. The predicted molar refractivity (Wildman–Crippen MR) is 29.5 cm³/mol. The Morgan fingerprint density at radius 3 is 2.12 bits per heavy atom. The van der Waals surface area contributed by atoms with Crippen LogP contribution in [0.2, 0.25) is 0 Å². The fourth-order valence-electron chi connectivity index (χ4n) is 0.149. The van der Waals surface area contributed by atoms with E-state index < -0.39 is 15.5 Å². The first-order chi connectivity index (χ1) is 3.48. The van der Waals surface area contributed by atoms with Crippen LogP contribution in [0.4, 0.5) is 0 Å². The minimum Gasteiger partial charge on any atom is -0.313 e. The Morgan fingerprint density at radius 2 is 2.12 bits per heavy atom. The number of rotatable bonds is 2. The Bertz CT molecular complexity index is 150. The molecular weight excluding hydrogens is 130 g/mol. The maximum atomic E-state index is 9.95. The molecule has 1 radical (unpaired) electrons. The van der Waals surface area contributed by atoms with E-state index in [9.17, 15) is 8.42 Å². The molecule has 0 aromatic rings. The summed E-state index contributed by atoms with van der Waals surface area (Å²) in [6.45, 7) is 3.19. The van der Waals surface area contributed by atoms with Gasteiger partial charge in [-0.2, -0.15) is 8.42 Å². The maximum absolute atomic E-state index is 9.95. The van der Waals surface area contributed by atoms with Crippen LogP contribution in [0.1, 0.15) is 6.42 Å². The van der Waals surface area contributed by atoms with Crippen molar-refractivity contribution in [3.8, 4) is 0 Å². The standard InChI is InChI=1S/C3H8NO3S/c1-2-3(4)8(5,6)7/h3H,1-2,4H2,(H,5,6,7). The topological polar surface area (TPSA) is 80.4 Å². The van der Waals surface area contributed by atoms with Crippen molar-refractivity contribution < 1.29 is 13.0 Å². The van der Waals surface area contributed by atoms with Gasteiger partial charge in [-0.05, 0) is 6.42 Å². The van der Waals surface area contributed by atoms with Crippen molar-refractivity contribution >= 4 is 10.1 Å². The van der Waals surface area contributed by atoms with E-state index in [1.165, 1.54) is 0 Å². The summed E-state index contributed by atoms with van der Waals surface area (Å²) in [5, 5.41) is -1.23. The summed E-state index contributed by atoms with van der Waals surface area (Å²) in [5.41, 5.74) is 4.85. The van der Waals surface area contributed by atoms with E-state index in [0.29, 0.717) is 0 Å². The van der Waals surface area contributed by atoms with Gasteiger partial charge in [-0.1, -0.05) is 6.92 Å². The molecule has 49 valence electrons. The van der Waals surface area contributed by atoms with Crippen LogP contribution in [-0.2, 0) is 10.1 Å². The number of hydrogen-bond acceptors (Lipinski definition) is 3. The van der Waals surface area contributed by atoms with Crippen molar-refractivity contribution in [2.75, 3.05) is 0 Å². The Kier molecular flexibility index (Phi) is 2.39. The van der Waals surface area contributed by atoms with Gasteiger partial charge in [-0.3, -0.25) is 4.55 Å². The number of hydrogen-bond donors (Lipinski definition) is 2. The van der Waals surface area contributed by atoms with Gasteiger partial charge in [0.25, 0.3) is 10.1 Å². The van der Waals surface area contributed by atoms with Gasteiger partial charge in [0, 0.05) is 0 Å². The summed E-state index contributed by atoms with van der Waals surface area (Å²) >= 11 is 0.